The maximum Gasteiger partial charge on any atom is 0.123 e. The molecule has 0 amide bonds. The fourth-order valence-corrected chi connectivity index (χ4v) is 2.62. The zero-order valence-corrected chi connectivity index (χ0v) is 14.2. The zero-order chi connectivity index (χ0) is 16.9. The second-order valence-electron chi connectivity index (χ2n) is 5.81. The molecule has 5 nitrogen and oxygen atoms in total. The molecule has 1 N–H and O–H groups in total. The Labute approximate surface area is 142 Å². The average molecular weight is 322 g/mol. The summed E-state index contributed by atoms with van der Waals surface area (Å²) < 4.78 is 5.46. The number of aryl methyl sites for hydroxylation is 1. The van der Waals surface area contributed by atoms with Crippen molar-refractivity contribution in [3.63, 3.8) is 0 Å². The van der Waals surface area contributed by atoms with E-state index in [9.17, 15) is 0 Å². The van der Waals surface area contributed by atoms with E-state index in [1.165, 1.54) is 5.56 Å². The summed E-state index contributed by atoms with van der Waals surface area (Å²) in [4.78, 5) is 1.65. The first-order valence-corrected chi connectivity index (χ1v) is 8.02. The molecule has 24 heavy (non-hydrogen) atoms. The number of methoxy groups -OCH3 is 1. The quantitative estimate of drug-likeness (QED) is 0.755. The van der Waals surface area contributed by atoms with E-state index in [1.54, 1.807) is 18.1 Å². The molecule has 2 aromatic carbocycles. The lowest BCUT2D eigenvalue weighted by molar-refractivity contribution is 0.401. The van der Waals surface area contributed by atoms with Crippen molar-refractivity contribution < 1.29 is 4.74 Å². The van der Waals surface area contributed by atoms with Crippen LogP contribution in [0.15, 0.2) is 54.7 Å². The van der Waals surface area contributed by atoms with Gasteiger partial charge in [0.05, 0.1) is 24.7 Å². The third-order valence-electron chi connectivity index (χ3n) is 3.97. The molecule has 1 heterocycles. The highest BCUT2D eigenvalue weighted by Gasteiger charge is 2.12. The molecule has 0 bridgehead atoms. The van der Waals surface area contributed by atoms with E-state index in [0.29, 0.717) is 6.54 Å². The summed E-state index contributed by atoms with van der Waals surface area (Å²) in [5.41, 5.74) is 4.22. The molecule has 0 spiro atoms. The van der Waals surface area contributed by atoms with Gasteiger partial charge in [0.2, 0.25) is 0 Å². The van der Waals surface area contributed by atoms with Crippen LogP contribution in [-0.4, -0.2) is 22.1 Å². The first-order chi connectivity index (χ1) is 11.7. The van der Waals surface area contributed by atoms with Gasteiger partial charge in [0, 0.05) is 18.2 Å². The molecule has 0 radical (unpaired) electrons. The topological polar surface area (TPSA) is 52.0 Å². The maximum atomic E-state index is 5.46. The Bertz CT molecular complexity index is 798. The molecule has 3 rings (SSSR count). The van der Waals surface area contributed by atoms with Crippen LogP contribution in [0.1, 0.15) is 29.8 Å². The highest BCUT2D eigenvalue weighted by Crippen LogP contribution is 2.26. The second kappa shape index (κ2) is 7.27. The molecule has 0 aliphatic rings. The Hall–Kier alpha value is -2.66. The van der Waals surface area contributed by atoms with Gasteiger partial charge < -0.3 is 10.1 Å². The summed E-state index contributed by atoms with van der Waals surface area (Å²) in [6.07, 6.45) is 1.79. The van der Waals surface area contributed by atoms with E-state index in [0.717, 1.165) is 22.7 Å². The smallest absolute Gasteiger partial charge is 0.123 e. The van der Waals surface area contributed by atoms with Crippen LogP contribution in [0.2, 0.25) is 0 Å². The zero-order valence-electron chi connectivity index (χ0n) is 14.2. The van der Waals surface area contributed by atoms with Crippen LogP contribution in [-0.2, 0) is 6.54 Å². The Kier molecular flexibility index (Phi) is 4.91. The predicted molar refractivity (Wildman–Crippen MR) is 94.3 cm³/mol. The van der Waals surface area contributed by atoms with Gasteiger partial charge in [-0.2, -0.15) is 15.0 Å². The van der Waals surface area contributed by atoms with E-state index in [1.807, 2.05) is 36.4 Å². The third kappa shape index (κ3) is 3.63. The molecule has 1 aromatic heterocycles. The van der Waals surface area contributed by atoms with Gasteiger partial charge in [-0.25, -0.2) is 0 Å². The van der Waals surface area contributed by atoms with Crippen LogP contribution < -0.4 is 10.1 Å². The van der Waals surface area contributed by atoms with Gasteiger partial charge in [0.25, 0.3) is 0 Å². The lowest BCUT2D eigenvalue weighted by Crippen LogP contribution is -2.19. The van der Waals surface area contributed by atoms with Crippen molar-refractivity contribution in [2.75, 3.05) is 7.11 Å². The fourth-order valence-electron chi connectivity index (χ4n) is 2.62. The normalized spacial score (nSPS) is 12.1. The van der Waals surface area contributed by atoms with Crippen molar-refractivity contribution in [3.8, 4) is 11.4 Å². The molecule has 1 atom stereocenters. The Morgan fingerprint density at radius 3 is 2.71 bits per heavy atom. The fraction of sp³-hybridized carbons (Fsp3) is 0.263. The minimum absolute atomic E-state index is 0.154. The lowest BCUT2D eigenvalue weighted by Gasteiger charge is -2.17. The SMILES string of the molecule is COc1ccc(C)cc1C(C)NCc1cnn(-c2ccccc2)n1. The molecule has 3 aromatic rings. The Morgan fingerprint density at radius 1 is 1.17 bits per heavy atom. The Balaban J connectivity index is 1.68. The van der Waals surface area contributed by atoms with Gasteiger partial charge in [0.15, 0.2) is 0 Å². The number of rotatable bonds is 6. The molecule has 0 fully saturated rings. The molecule has 0 saturated carbocycles. The standard InChI is InChI=1S/C19H22N4O/c1-14-9-10-19(24-3)18(11-14)15(2)20-12-16-13-21-23(22-16)17-7-5-4-6-8-17/h4-11,13,15,20H,12H2,1-3H3. The van der Waals surface area contributed by atoms with Crippen LogP contribution in [0.4, 0.5) is 0 Å². The van der Waals surface area contributed by atoms with Crippen molar-refractivity contribution in [2.24, 2.45) is 0 Å². The minimum atomic E-state index is 0.154. The highest BCUT2D eigenvalue weighted by molar-refractivity contribution is 5.38. The number of ether oxygens (including phenoxy) is 1. The number of nitrogens with zero attached hydrogens (tertiary/aromatic N) is 3. The summed E-state index contributed by atoms with van der Waals surface area (Å²) in [6.45, 7) is 4.85. The molecule has 124 valence electrons. The van der Waals surface area contributed by atoms with Crippen molar-refractivity contribution in [1.82, 2.24) is 20.3 Å². The lowest BCUT2D eigenvalue weighted by atomic mass is 10.0. The number of benzene rings is 2. The first-order valence-electron chi connectivity index (χ1n) is 8.02. The number of hydrogen-bond donors (Lipinski definition) is 1. The molecule has 0 saturated heterocycles. The average Bonchev–Trinajstić information content (AvgIpc) is 3.09. The van der Waals surface area contributed by atoms with Gasteiger partial charge >= 0.3 is 0 Å². The van der Waals surface area contributed by atoms with Crippen LogP contribution in [0.5, 0.6) is 5.75 Å². The van der Waals surface area contributed by atoms with Gasteiger partial charge in [-0.3, -0.25) is 0 Å². The first kappa shape index (κ1) is 16.2. The molecular weight excluding hydrogens is 300 g/mol. The number of hydrogen-bond acceptors (Lipinski definition) is 4. The Morgan fingerprint density at radius 2 is 1.96 bits per heavy atom. The molecule has 0 aliphatic carbocycles. The van der Waals surface area contributed by atoms with Gasteiger partial charge in [-0.05, 0) is 32.0 Å². The van der Waals surface area contributed by atoms with Gasteiger partial charge in [-0.15, -0.1) is 0 Å². The summed E-state index contributed by atoms with van der Waals surface area (Å²) in [6, 6.07) is 16.3. The van der Waals surface area contributed by atoms with Crippen LogP contribution in [0.3, 0.4) is 0 Å². The number of para-hydroxylation sites is 1. The van der Waals surface area contributed by atoms with Crippen molar-refractivity contribution in [1.29, 1.82) is 0 Å². The predicted octanol–water partition coefficient (Wildman–Crippen LogP) is 3.44. The molecule has 1 unspecified atom stereocenters. The largest absolute Gasteiger partial charge is 0.496 e. The third-order valence-corrected chi connectivity index (χ3v) is 3.97. The summed E-state index contributed by atoms with van der Waals surface area (Å²) in [7, 11) is 1.70. The van der Waals surface area contributed by atoms with E-state index < -0.39 is 0 Å². The van der Waals surface area contributed by atoms with Crippen molar-refractivity contribution in [2.45, 2.75) is 26.4 Å². The second-order valence-corrected chi connectivity index (χ2v) is 5.81. The maximum absolute atomic E-state index is 5.46. The molecule has 5 heteroatoms. The molecule has 0 aliphatic heterocycles. The summed E-state index contributed by atoms with van der Waals surface area (Å²) in [5, 5.41) is 12.3. The van der Waals surface area contributed by atoms with Gasteiger partial charge in [0.1, 0.15) is 5.75 Å². The van der Waals surface area contributed by atoms with Crippen LogP contribution >= 0.6 is 0 Å². The van der Waals surface area contributed by atoms with E-state index in [2.05, 4.69) is 41.5 Å². The number of aromatic nitrogens is 3. The minimum Gasteiger partial charge on any atom is -0.496 e. The summed E-state index contributed by atoms with van der Waals surface area (Å²) >= 11 is 0. The van der Waals surface area contributed by atoms with Crippen molar-refractivity contribution in [3.05, 3.63) is 71.5 Å². The van der Waals surface area contributed by atoms with Crippen LogP contribution in [0.25, 0.3) is 5.69 Å². The highest BCUT2D eigenvalue weighted by atomic mass is 16.5. The van der Waals surface area contributed by atoms with Crippen LogP contribution in [0, 0.1) is 6.92 Å². The number of nitrogens with one attached hydrogen (secondary N) is 1. The van der Waals surface area contributed by atoms with Gasteiger partial charge in [-0.1, -0.05) is 35.9 Å². The monoisotopic (exact) mass is 322 g/mol. The molecular formula is C19H22N4O. The van der Waals surface area contributed by atoms with E-state index in [4.69, 9.17) is 4.74 Å². The summed E-state index contributed by atoms with van der Waals surface area (Å²) in [5.74, 6) is 0.897. The van der Waals surface area contributed by atoms with E-state index >= 15 is 0 Å². The van der Waals surface area contributed by atoms with Crippen molar-refractivity contribution >= 4 is 0 Å². The van der Waals surface area contributed by atoms with E-state index in [-0.39, 0.29) is 6.04 Å².